The molecular formula is C15H10BrNS. The fourth-order valence-corrected chi connectivity index (χ4v) is 3.00. The van der Waals surface area contributed by atoms with Crippen molar-refractivity contribution in [2.45, 2.75) is 0 Å². The van der Waals surface area contributed by atoms with Gasteiger partial charge in [0.05, 0.1) is 5.69 Å². The van der Waals surface area contributed by atoms with Crippen LogP contribution in [-0.4, -0.2) is 4.98 Å². The Kier molecular flexibility index (Phi) is 3.26. The van der Waals surface area contributed by atoms with Crippen LogP contribution in [-0.2, 0) is 0 Å². The molecule has 0 aliphatic heterocycles. The van der Waals surface area contributed by atoms with Crippen molar-refractivity contribution >= 4 is 27.3 Å². The zero-order chi connectivity index (χ0) is 12.4. The van der Waals surface area contributed by atoms with Gasteiger partial charge in [-0.3, -0.25) is 0 Å². The lowest BCUT2D eigenvalue weighted by atomic mass is 10.2. The molecule has 18 heavy (non-hydrogen) atoms. The van der Waals surface area contributed by atoms with Crippen LogP contribution in [0.5, 0.6) is 0 Å². The molecule has 0 aliphatic rings. The van der Waals surface area contributed by atoms with Gasteiger partial charge in [-0.1, -0.05) is 58.4 Å². The summed E-state index contributed by atoms with van der Waals surface area (Å²) in [4.78, 5) is 4.69. The van der Waals surface area contributed by atoms with Crippen molar-refractivity contribution in [3.05, 3.63) is 64.5 Å². The van der Waals surface area contributed by atoms with Crippen LogP contribution in [0.2, 0.25) is 0 Å². The highest BCUT2D eigenvalue weighted by molar-refractivity contribution is 9.10. The van der Waals surface area contributed by atoms with Gasteiger partial charge in [-0.25, -0.2) is 4.98 Å². The number of halogens is 1. The normalized spacial score (nSPS) is 10.5. The quantitative estimate of drug-likeness (QED) is 0.630. The van der Waals surface area contributed by atoms with E-state index in [1.807, 2.05) is 30.3 Å². The van der Waals surface area contributed by atoms with Crippen molar-refractivity contribution in [2.24, 2.45) is 0 Å². The molecule has 3 rings (SSSR count). The molecule has 0 saturated heterocycles. The minimum absolute atomic E-state index is 1.03. The third kappa shape index (κ3) is 2.37. The van der Waals surface area contributed by atoms with Gasteiger partial charge in [0.25, 0.3) is 0 Å². The lowest BCUT2D eigenvalue weighted by Crippen LogP contribution is -1.79. The molecular weight excluding hydrogens is 306 g/mol. The molecule has 0 spiro atoms. The van der Waals surface area contributed by atoms with Gasteiger partial charge in [-0.2, -0.15) is 0 Å². The van der Waals surface area contributed by atoms with E-state index in [-0.39, 0.29) is 0 Å². The Balaban J connectivity index is 2.00. The summed E-state index contributed by atoms with van der Waals surface area (Å²) in [6.45, 7) is 0. The third-order valence-corrected chi connectivity index (χ3v) is 4.03. The van der Waals surface area contributed by atoms with Gasteiger partial charge >= 0.3 is 0 Å². The molecule has 1 aromatic heterocycles. The standard InChI is InChI=1S/C15H10BrNS/c16-13-8-4-7-12(9-13)14-10-18-15(17-14)11-5-2-1-3-6-11/h1-10H. The molecule has 0 aliphatic carbocycles. The first-order valence-corrected chi connectivity index (χ1v) is 7.27. The second-order valence-corrected chi connectivity index (χ2v) is 5.69. The predicted molar refractivity (Wildman–Crippen MR) is 80.7 cm³/mol. The molecule has 88 valence electrons. The number of nitrogens with zero attached hydrogens (tertiary/aromatic N) is 1. The third-order valence-electron chi connectivity index (χ3n) is 2.65. The Morgan fingerprint density at radius 3 is 2.44 bits per heavy atom. The second-order valence-electron chi connectivity index (χ2n) is 3.91. The van der Waals surface area contributed by atoms with E-state index < -0.39 is 0 Å². The number of hydrogen-bond acceptors (Lipinski definition) is 2. The summed E-state index contributed by atoms with van der Waals surface area (Å²) < 4.78 is 1.08. The Morgan fingerprint density at radius 2 is 1.67 bits per heavy atom. The Bertz CT molecular complexity index is 661. The van der Waals surface area contributed by atoms with Crippen molar-refractivity contribution < 1.29 is 0 Å². The molecule has 0 saturated carbocycles. The summed E-state index contributed by atoms with van der Waals surface area (Å²) in [7, 11) is 0. The summed E-state index contributed by atoms with van der Waals surface area (Å²) in [5.41, 5.74) is 3.34. The lowest BCUT2D eigenvalue weighted by molar-refractivity contribution is 1.40. The first-order valence-electron chi connectivity index (χ1n) is 5.60. The van der Waals surface area contributed by atoms with E-state index in [1.54, 1.807) is 11.3 Å². The molecule has 2 aromatic carbocycles. The fraction of sp³-hybridized carbons (Fsp3) is 0. The topological polar surface area (TPSA) is 12.9 Å². The minimum atomic E-state index is 1.03. The van der Waals surface area contributed by atoms with Crippen LogP contribution in [0.15, 0.2) is 64.5 Å². The average Bonchev–Trinajstić information content (AvgIpc) is 2.89. The Morgan fingerprint density at radius 1 is 0.889 bits per heavy atom. The highest BCUT2D eigenvalue weighted by atomic mass is 79.9. The Labute approximate surface area is 118 Å². The molecule has 0 radical (unpaired) electrons. The maximum absolute atomic E-state index is 4.69. The zero-order valence-corrected chi connectivity index (χ0v) is 11.9. The fourth-order valence-electron chi connectivity index (χ4n) is 1.77. The van der Waals surface area contributed by atoms with Crippen molar-refractivity contribution in [3.8, 4) is 21.8 Å². The minimum Gasteiger partial charge on any atom is -0.236 e. The second kappa shape index (κ2) is 5.04. The maximum Gasteiger partial charge on any atom is 0.124 e. The van der Waals surface area contributed by atoms with Crippen molar-refractivity contribution in [1.82, 2.24) is 4.98 Å². The van der Waals surface area contributed by atoms with Crippen molar-refractivity contribution in [2.75, 3.05) is 0 Å². The van der Waals surface area contributed by atoms with E-state index >= 15 is 0 Å². The lowest BCUT2D eigenvalue weighted by Gasteiger charge is -1.97. The molecule has 1 heterocycles. The molecule has 3 heteroatoms. The summed E-state index contributed by atoms with van der Waals surface area (Å²) in [5, 5.41) is 3.16. The highest BCUT2D eigenvalue weighted by Gasteiger charge is 2.06. The van der Waals surface area contributed by atoms with E-state index in [9.17, 15) is 0 Å². The van der Waals surface area contributed by atoms with E-state index in [0.29, 0.717) is 0 Å². The highest BCUT2D eigenvalue weighted by Crippen LogP contribution is 2.29. The van der Waals surface area contributed by atoms with Crippen LogP contribution in [0.3, 0.4) is 0 Å². The van der Waals surface area contributed by atoms with E-state index in [1.165, 1.54) is 5.56 Å². The number of aromatic nitrogens is 1. The molecule has 0 unspecified atom stereocenters. The van der Waals surface area contributed by atoms with Crippen LogP contribution in [0.1, 0.15) is 0 Å². The largest absolute Gasteiger partial charge is 0.236 e. The van der Waals surface area contributed by atoms with Gasteiger partial charge in [0.1, 0.15) is 5.01 Å². The summed E-state index contributed by atoms with van der Waals surface area (Å²) in [5.74, 6) is 0. The van der Waals surface area contributed by atoms with Crippen LogP contribution in [0.4, 0.5) is 0 Å². The monoisotopic (exact) mass is 315 g/mol. The first-order chi connectivity index (χ1) is 8.83. The van der Waals surface area contributed by atoms with Crippen LogP contribution < -0.4 is 0 Å². The van der Waals surface area contributed by atoms with Crippen LogP contribution in [0.25, 0.3) is 21.8 Å². The summed E-state index contributed by atoms with van der Waals surface area (Å²) in [6.07, 6.45) is 0. The van der Waals surface area contributed by atoms with E-state index in [4.69, 9.17) is 0 Å². The molecule has 0 atom stereocenters. The number of benzene rings is 2. The number of thiazole rings is 1. The average molecular weight is 316 g/mol. The number of rotatable bonds is 2. The SMILES string of the molecule is Brc1cccc(-c2csc(-c3ccccc3)n2)c1. The van der Waals surface area contributed by atoms with Gasteiger partial charge in [0, 0.05) is 21.0 Å². The smallest absolute Gasteiger partial charge is 0.124 e. The maximum atomic E-state index is 4.69. The van der Waals surface area contributed by atoms with Crippen LogP contribution in [0, 0.1) is 0 Å². The van der Waals surface area contributed by atoms with E-state index in [0.717, 1.165) is 20.7 Å². The molecule has 1 nitrogen and oxygen atoms in total. The predicted octanol–water partition coefficient (Wildman–Crippen LogP) is 5.24. The van der Waals surface area contributed by atoms with Gasteiger partial charge in [-0.05, 0) is 12.1 Å². The van der Waals surface area contributed by atoms with E-state index in [2.05, 4.69) is 50.6 Å². The summed E-state index contributed by atoms with van der Waals surface area (Å²) in [6, 6.07) is 18.5. The van der Waals surface area contributed by atoms with Crippen LogP contribution >= 0.6 is 27.3 Å². The first kappa shape index (κ1) is 11.6. The van der Waals surface area contributed by atoms with Gasteiger partial charge in [-0.15, -0.1) is 11.3 Å². The summed E-state index contributed by atoms with van der Waals surface area (Å²) >= 11 is 5.16. The van der Waals surface area contributed by atoms with Gasteiger partial charge < -0.3 is 0 Å². The zero-order valence-electron chi connectivity index (χ0n) is 9.51. The van der Waals surface area contributed by atoms with Crippen molar-refractivity contribution in [3.63, 3.8) is 0 Å². The number of hydrogen-bond donors (Lipinski definition) is 0. The van der Waals surface area contributed by atoms with Gasteiger partial charge in [0.2, 0.25) is 0 Å². The molecule has 0 N–H and O–H groups in total. The van der Waals surface area contributed by atoms with Gasteiger partial charge in [0.15, 0.2) is 0 Å². The molecule has 0 amide bonds. The Hall–Kier alpha value is -1.45. The molecule has 3 aromatic rings. The molecule has 0 fully saturated rings. The van der Waals surface area contributed by atoms with Crippen molar-refractivity contribution in [1.29, 1.82) is 0 Å². The molecule has 0 bridgehead atoms.